The molecule has 0 fully saturated rings. The zero-order valence-corrected chi connectivity index (χ0v) is 10.7. The summed E-state index contributed by atoms with van der Waals surface area (Å²) >= 11 is 0.916. The number of hydrazone groups is 1. The maximum absolute atomic E-state index is 13.2. The highest BCUT2D eigenvalue weighted by molar-refractivity contribution is 8.12. The Morgan fingerprint density at radius 1 is 1.05 bits per heavy atom. The molecule has 0 N–H and O–H groups in total. The minimum absolute atomic E-state index is 0.252. The first-order valence-corrected chi connectivity index (χ1v) is 7.04. The van der Waals surface area contributed by atoms with Gasteiger partial charge in [0.2, 0.25) is 34.8 Å². The molecule has 1 aromatic carbocycles. The summed E-state index contributed by atoms with van der Waals surface area (Å²) in [4.78, 5) is 0. The van der Waals surface area contributed by atoms with Gasteiger partial charge in [-0.3, -0.25) is 0 Å². The first-order valence-electron chi connectivity index (χ1n) is 4.63. The number of nitrogens with zero attached hydrogens (tertiary/aromatic N) is 2. The molecular weight excluding hydrogens is 331 g/mol. The van der Waals surface area contributed by atoms with Crippen LogP contribution < -0.4 is 4.18 Å². The zero-order chi connectivity index (χ0) is 15.1. The Morgan fingerprint density at radius 2 is 1.55 bits per heavy atom. The van der Waals surface area contributed by atoms with Gasteiger partial charge in [-0.2, -0.15) is 22.3 Å². The normalized spacial score (nSPS) is 14.9. The molecule has 0 saturated heterocycles. The van der Waals surface area contributed by atoms with Crippen LogP contribution in [0.4, 0.5) is 22.0 Å². The molecule has 0 radical (unpaired) electrons. The number of rotatable bonds is 3. The Bertz CT molecular complexity index is 665. The molecule has 0 bridgehead atoms. The summed E-state index contributed by atoms with van der Waals surface area (Å²) in [6, 6.07) is 0. The lowest BCUT2D eigenvalue weighted by Crippen LogP contribution is -2.28. The fourth-order valence-corrected chi connectivity index (χ4v) is 2.95. The van der Waals surface area contributed by atoms with Crippen LogP contribution >= 0.6 is 11.8 Å². The average molecular weight is 334 g/mol. The molecule has 2 rings (SSSR count). The number of halogens is 5. The van der Waals surface area contributed by atoms with Gasteiger partial charge in [-0.1, -0.05) is 11.8 Å². The summed E-state index contributed by atoms with van der Waals surface area (Å²) in [5.41, 5.74) is 1.10. The van der Waals surface area contributed by atoms with Crippen molar-refractivity contribution in [3.8, 4) is 5.75 Å². The second kappa shape index (κ2) is 5.09. The molecule has 1 aromatic rings. The highest BCUT2D eigenvalue weighted by Gasteiger charge is 2.33. The van der Waals surface area contributed by atoms with E-state index >= 15 is 0 Å². The highest BCUT2D eigenvalue weighted by atomic mass is 32.2. The molecule has 0 atom stereocenters. The van der Waals surface area contributed by atoms with Gasteiger partial charge in [-0.25, -0.2) is 13.2 Å². The van der Waals surface area contributed by atoms with E-state index in [1.807, 2.05) is 0 Å². The van der Waals surface area contributed by atoms with Gasteiger partial charge in [0.05, 0.1) is 5.55 Å². The van der Waals surface area contributed by atoms with Gasteiger partial charge in [-0.05, 0) is 0 Å². The lowest BCUT2D eigenvalue weighted by molar-refractivity contribution is 0.332. The summed E-state index contributed by atoms with van der Waals surface area (Å²) in [5.74, 6) is -14.0. The molecule has 1 aliphatic heterocycles. The van der Waals surface area contributed by atoms with Crippen LogP contribution in [0.15, 0.2) is 5.10 Å². The Kier molecular flexibility index (Phi) is 3.77. The standard InChI is InChI=1S/C8H3F5N2O3S2/c9-3-4(10)6(12)8(7(13)5(3)11)18-20(16,17)15-2-19-1-14-15/h1H,2H2. The zero-order valence-electron chi connectivity index (χ0n) is 9.11. The van der Waals surface area contributed by atoms with Crippen molar-refractivity contribution in [1.82, 2.24) is 4.41 Å². The lowest BCUT2D eigenvalue weighted by Gasteiger charge is -2.15. The number of hydrogen-bond acceptors (Lipinski definition) is 5. The van der Waals surface area contributed by atoms with E-state index in [2.05, 4.69) is 9.28 Å². The fourth-order valence-electron chi connectivity index (χ4n) is 1.14. The molecule has 1 heterocycles. The molecule has 12 heteroatoms. The lowest BCUT2D eigenvalue weighted by atomic mass is 10.3. The van der Waals surface area contributed by atoms with Crippen LogP contribution in [0.1, 0.15) is 0 Å². The smallest absolute Gasteiger partial charge is 0.359 e. The van der Waals surface area contributed by atoms with Gasteiger partial charge in [0.25, 0.3) is 0 Å². The van der Waals surface area contributed by atoms with Crippen molar-refractivity contribution in [3.63, 3.8) is 0 Å². The first-order chi connectivity index (χ1) is 9.25. The minimum Gasteiger partial charge on any atom is -0.359 e. The van der Waals surface area contributed by atoms with E-state index in [-0.39, 0.29) is 10.3 Å². The third-order valence-electron chi connectivity index (χ3n) is 2.05. The molecule has 20 heavy (non-hydrogen) atoms. The summed E-state index contributed by atoms with van der Waals surface area (Å²) in [5, 5.41) is 3.28. The van der Waals surface area contributed by atoms with Gasteiger partial charge in [-0.15, -0.1) is 4.41 Å². The second-order valence-electron chi connectivity index (χ2n) is 3.28. The van der Waals surface area contributed by atoms with Crippen LogP contribution in [-0.2, 0) is 10.3 Å². The van der Waals surface area contributed by atoms with Crippen LogP contribution in [0.5, 0.6) is 5.75 Å². The van der Waals surface area contributed by atoms with Gasteiger partial charge in [0.15, 0.2) is 0 Å². The number of hydrogen-bond donors (Lipinski definition) is 0. The number of benzene rings is 1. The molecule has 0 aromatic heterocycles. The van der Waals surface area contributed by atoms with Gasteiger partial charge < -0.3 is 4.18 Å². The van der Waals surface area contributed by atoms with E-state index in [1.54, 1.807) is 0 Å². The minimum atomic E-state index is -4.83. The Balaban J connectivity index is 2.47. The van der Waals surface area contributed by atoms with Crippen LogP contribution in [-0.4, -0.2) is 24.3 Å². The van der Waals surface area contributed by atoms with Crippen LogP contribution in [0, 0.1) is 29.1 Å². The Hall–Kier alpha value is -1.56. The third kappa shape index (κ3) is 2.40. The van der Waals surface area contributed by atoms with Crippen molar-refractivity contribution < 1.29 is 34.6 Å². The maximum atomic E-state index is 13.2. The fraction of sp³-hybridized carbons (Fsp3) is 0.125. The van der Waals surface area contributed by atoms with Crippen molar-refractivity contribution in [2.75, 3.05) is 5.88 Å². The topological polar surface area (TPSA) is 59.0 Å². The van der Waals surface area contributed by atoms with E-state index in [0.29, 0.717) is 0 Å². The molecule has 0 unspecified atom stereocenters. The van der Waals surface area contributed by atoms with Crippen molar-refractivity contribution in [1.29, 1.82) is 0 Å². The largest absolute Gasteiger partial charge is 0.426 e. The monoisotopic (exact) mass is 334 g/mol. The van der Waals surface area contributed by atoms with Crippen molar-refractivity contribution in [2.45, 2.75) is 0 Å². The van der Waals surface area contributed by atoms with Crippen molar-refractivity contribution >= 4 is 27.6 Å². The summed E-state index contributed by atoms with van der Waals surface area (Å²) in [6.07, 6.45) is 0. The highest BCUT2D eigenvalue weighted by Crippen LogP contribution is 2.31. The summed E-state index contributed by atoms with van der Waals surface area (Å²) in [6.45, 7) is 0. The van der Waals surface area contributed by atoms with Gasteiger partial charge in [0.1, 0.15) is 5.88 Å². The molecule has 0 aliphatic carbocycles. The molecule has 1 aliphatic rings. The van der Waals surface area contributed by atoms with Gasteiger partial charge >= 0.3 is 10.3 Å². The van der Waals surface area contributed by atoms with Crippen LogP contribution in [0.2, 0.25) is 0 Å². The quantitative estimate of drug-likeness (QED) is 0.482. The van der Waals surface area contributed by atoms with Crippen LogP contribution in [0.3, 0.4) is 0 Å². The average Bonchev–Trinajstić information content (AvgIpc) is 2.94. The molecule has 5 nitrogen and oxygen atoms in total. The van der Waals surface area contributed by atoms with E-state index < -0.39 is 45.1 Å². The molecule has 0 amide bonds. The van der Waals surface area contributed by atoms with E-state index in [1.165, 1.54) is 0 Å². The molecule has 0 spiro atoms. The molecule has 110 valence electrons. The molecule has 0 saturated carbocycles. The maximum Gasteiger partial charge on any atom is 0.426 e. The third-order valence-corrected chi connectivity index (χ3v) is 3.97. The van der Waals surface area contributed by atoms with Gasteiger partial charge in [0, 0.05) is 0 Å². The second-order valence-corrected chi connectivity index (χ2v) is 5.52. The van der Waals surface area contributed by atoms with E-state index in [9.17, 15) is 30.4 Å². The predicted molar refractivity (Wildman–Crippen MR) is 58.6 cm³/mol. The van der Waals surface area contributed by atoms with E-state index in [0.717, 1.165) is 17.3 Å². The van der Waals surface area contributed by atoms with Crippen molar-refractivity contribution in [2.24, 2.45) is 5.10 Å². The SMILES string of the molecule is O=S(=O)(Oc1c(F)c(F)c(F)c(F)c1F)N1CSC=N1. The number of thioether (sulfide) groups is 1. The molecular formula is C8H3F5N2O3S2. The van der Waals surface area contributed by atoms with Crippen LogP contribution in [0.25, 0.3) is 0 Å². The first kappa shape index (κ1) is 14.8. The van der Waals surface area contributed by atoms with E-state index in [4.69, 9.17) is 0 Å². The Morgan fingerprint density at radius 3 is 2.00 bits per heavy atom. The Labute approximate surface area is 113 Å². The predicted octanol–water partition coefficient (Wildman–Crippen LogP) is 1.96. The van der Waals surface area contributed by atoms with Crippen molar-refractivity contribution in [3.05, 3.63) is 29.1 Å². The summed E-state index contributed by atoms with van der Waals surface area (Å²) in [7, 11) is -4.83. The summed E-state index contributed by atoms with van der Waals surface area (Å²) < 4.78 is 92.3.